The molecule has 1 unspecified atom stereocenters. The van der Waals surface area contributed by atoms with E-state index < -0.39 is 0 Å². The van der Waals surface area contributed by atoms with Gasteiger partial charge in [-0.2, -0.15) is 0 Å². The largest absolute Gasteiger partial charge is 0.412 e. The predicted octanol–water partition coefficient (Wildman–Crippen LogP) is 8.86. The van der Waals surface area contributed by atoms with E-state index >= 15 is 0 Å². The summed E-state index contributed by atoms with van der Waals surface area (Å²) in [5.41, 5.74) is 7.77. The highest BCUT2D eigenvalue weighted by molar-refractivity contribution is 5.70. The second-order valence-corrected chi connectivity index (χ2v) is 13.0. The Kier molecular flexibility index (Phi) is 15.0. The zero-order chi connectivity index (χ0) is 31.7. The summed E-state index contributed by atoms with van der Waals surface area (Å²) in [5, 5.41) is 2.44. The van der Waals surface area contributed by atoms with Crippen molar-refractivity contribution in [3.63, 3.8) is 0 Å². The van der Waals surface area contributed by atoms with Gasteiger partial charge in [0.25, 0.3) is 0 Å². The number of nitrogens with zero attached hydrogens (tertiary/aromatic N) is 2. The Morgan fingerprint density at radius 3 is 2.26 bits per heavy atom. The van der Waals surface area contributed by atoms with Crippen molar-refractivity contribution in [3.8, 4) is 0 Å². The zero-order valence-electron chi connectivity index (χ0n) is 29.5. The molecule has 1 aliphatic carbocycles. The molecule has 2 aliphatic heterocycles. The van der Waals surface area contributed by atoms with E-state index in [1.54, 1.807) is 0 Å². The molecule has 3 nitrogen and oxygen atoms in total. The van der Waals surface area contributed by atoms with Crippen molar-refractivity contribution in [2.45, 2.75) is 120 Å². The van der Waals surface area contributed by atoms with Crippen LogP contribution in [-0.2, 0) is 6.42 Å². The average Bonchev–Trinajstić information content (AvgIpc) is 3.75. The van der Waals surface area contributed by atoms with Crippen molar-refractivity contribution in [1.82, 2.24) is 9.80 Å². The summed E-state index contributed by atoms with van der Waals surface area (Å²) in [5.74, 6) is 0. The van der Waals surface area contributed by atoms with Gasteiger partial charge in [0.1, 0.15) is 0 Å². The van der Waals surface area contributed by atoms with Crippen LogP contribution in [0.1, 0.15) is 113 Å². The molecule has 2 fully saturated rings. The number of hydrogen-bond acceptors (Lipinski definition) is 2. The second kappa shape index (κ2) is 16.9. The van der Waals surface area contributed by atoms with Crippen LogP contribution in [0.4, 0.5) is 0 Å². The van der Waals surface area contributed by atoms with Crippen LogP contribution in [0.25, 0.3) is 12.3 Å². The van der Waals surface area contributed by atoms with Gasteiger partial charge in [-0.3, -0.25) is 0 Å². The number of unbranched alkanes of at least 4 members (excludes halogenated alkanes) is 1. The van der Waals surface area contributed by atoms with E-state index in [2.05, 4.69) is 114 Å². The van der Waals surface area contributed by atoms with Gasteiger partial charge in [0.05, 0.1) is 17.4 Å². The van der Waals surface area contributed by atoms with Crippen LogP contribution in [0.3, 0.4) is 0 Å². The fourth-order valence-electron chi connectivity index (χ4n) is 6.21. The van der Waals surface area contributed by atoms with Gasteiger partial charge in [0.2, 0.25) is 0 Å². The van der Waals surface area contributed by atoms with Crippen LogP contribution in [0.15, 0.2) is 78.2 Å². The van der Waals surface area contributed by atoms with E-state index in [4.69, 9.17) is 0 Å². The van der Waals surface area contributed by atoms with E-state index in [-0.39, 0.29) is 10.9 Å². The first-order valence-corrected chi connectivity index (χ1v) is 16.8. The summed E-state index contributed by atoms with van der Waals surface area (Å²) in [6, 6.07) is 7.14. The standard InChI is InChI=1S/C36H50N2.2C2H6.H2O/c1-10-12-15-26(3)31-24-38-32(23-27(31)4)34(37(9)25-33(38)35(6,7)8)30-17-14-16-29(28(30)5)18-20-36(21-22-36)19-13-11-2;2*1-2;/h12,14-17,23-24,33H,3-5,10-11,13,18-22,25H2,1-2,6-9H3;2*1-2H3;1H2/b15-12-,34-30-;;;. The highest BCUT2D eigenvalue weighted by atomic mass is 16.0. The molecule has 1 saturated heterocycles. The van der Waals surface area contributed by atoms with Crippen molar-refractivity contribution < 1.29 is 5.48 Å². The van der Waals surface area contributed by atoms with Gasteiger partial charge in [-0.25, -0.2) is 0 Å². The Morgan fingerprint density at radius 2 is 1.70 bits per heavy atom. The lowest BCUT2D eigenvalue weighted by atomic mass is 9.81. The van der Waals surface area contributed by atoms with Crippen molar-refractivity contribution in [3.05, 3.63) is 94.2 Å². The first-order valence-electron chi connectivity index (χ1n) is 16.8. The molecule has 1 aromatic carbocycles. The Hall–Kier alpha value is -2.78. The topological polar surface area (TPSA) is 38.0 Å². The van der Waals surface area contributed by atoms with Crippen LogP contribution >= 0.6 is 0 Å². The van der Waals surface area contributed by atoms with Gasteiger partial charge >= 0.3 is 0 Å². The molecule has 1 aromatic rings. The third kappa shape index (κ3) is 9.11. The molecule has 3 aliphatic rings. The quantitative estimate of drug-likeness (QED) is 0.270. The van der Waals surface area contributed by atoms with Crippen LogP contribution in [0.2, 0.25) is 0 Å². The van der Waals surface area contributed by atoms with E-state index in [1.165, 1.54) is 65.9 Å². The van der Waals surface area contributed by atoms with E-state index in [0.29, 0.717) is 11.5 Å². The zero-order valence-corrected chi connectivity index (χ0v) is 29.5. The molecule has 0 amide bonds. The smallest absolute Gasteiger partial charge is 0.0685 e. The minimum atomic E-state index is 0. The summed E-state index contributed by atoms with van der Waals surface area (Å²) in [6.07, 6.45) is 19.2. The van der Waals surface area contributed by atoms with Crippen LogP contribution in [0.5, 0.6) is 0 Å². The van der Waals surface area contributed by atoms with Crippen molar-refractivity contribution in [1.29, 1.82) is 0 Å². The first kappa shape index (κ1) is 38.2. The van der Waals surface area contributed by atoms with E-state index in [1.807, 2.05) is 27.7 Å². The SMILES string of the molecule is C=C1C=C2/C(=c3\cccc(CCC4(CCCC)CC4)c3=C)N(C)CC(C(C)(C)C)N2C=C1C(=C)/C=C\CC.CC.CC.O. The number of aryl methyl sites for hydroxylation is 1. The third-order valence-corrected chi connectivity index (χ3v) is 8.98. The van der Waals surface area contributed by atoms with Gasteiger partial charge in [0, 0.05) is 30.6 Å². The van der Waals surface area contributed by atoms with Crippen LogP contribution in [-0.4, -0.2) is 34.9 Å². The number of likely N-dealkylation sites (N-methyl/N-ethyl adjacent to an activating group) is 1. The molecule has 240 valence electrons. The third-order valence-electron chi connectivity index (χ3n) is 8.98. The molecular weight excluding hydrogens is 524 g/mol. The second-order valence-electron chi connectivity index (χ2n) is 13.0. The molecule has 2 heterocycles. The molecule has 43 heavy (non-hydrogen) atoms. The Labute approximate surface area is 265 Å². The van der Waals surface area contributed by atoms with Crippen LogP contribution in [0, 0.1) is 10.8 Å². The lowest BCUT2D eigenvalue weighted by Gasteiger charge is -2.50. The molecule has 0 bridgehead atoms. The maximum absolute atomic E-state index is 4.66. The maximum Gasteiger partial charge on any atom is 0.0685 e. The Morgan fingerprint density at radius 1 is 1.05 bits per heavy atom. The molecule has 1 atom stereocenters. The molecule has 0 radical (unpaired) electrons. The van der Waals surface area contributed by atoms with Crippen molar-refractivity contribution in [2.75, 3.05) is 13.6 Å². The minimum absolute atomic E-state index is 0. The summed E-state index contributed by atoms with van der Waals surface area (Å²) in [6.45, 7) is 34.0. The number of fused-ring (bicyclic) bond motifs is 1. The molecule has 3 heteroatoms. The molecule has 0 aromatic heterocycles. The van der Waals surface area contributed by atoms with Gasteiger partial charge in [-0.1, -0.05) is 125 Å². The number of benzene rings is 1. The number of rotatable bonds is 9. The Balaban J connectivity index is 0.00000177. The van der Waals surface area contributed by atoms with E-state index in [0.717, 1.165) is 36.1 Å². The number of allylic oxidation sites excluding steroid dienone is 6. The van der Waals surface area contributed by atoms with E-state index in [9.17, 15) is 0 Å². The summed E-state index contributed by atoms with van der Waals surface area (Å²) in [4.78, 5) is 4.95. The molecule has 2 N–H and O–H groups in total. The van der Waals surface area contributed by atoms with Gasteiger partial charge in [0.15, 0.2) is 0 Å². The average molecular weight is 589 g/mol. The normalized spacial score (nSPS) is 20.0. The molecule has 0 spiro atoms. The lowest BCUT2D eigenvalue weighted by Crippen LogP contribution is -2.55. The summed E-state index contributed by atoms with van der Waals surface area (Å²) in [7, 11) is 2.24. The summed E-state index contributed by atoms with van der Waals surface area (Å²) >= 11 is 0. The van der Waals surface area contributed by atoms with Gasteiger partial charge < -0.3 is 15.3 Å². The minimum Gasteiger partial charge on any atom is -0.412 e. The highest BCUT2D eigenvalue weighted by Crippen LogP contribution is 2.53. The van der Waals surface area contributed by atoms with Gasteiger partial charge in [-0.15, -0.1) is 0 Å². The monoisotopic (exact) mass is 589 g/mol. The van der Waals surface area contributed by atoms with Crippen molar-refractivity contribution in [2.24, 2.45) is 10.8 Å². The first-order chi connectivity index (χ1) is 20.0. The highest BCUT2D eigenvalue weighted by Gasteiger charge is 2.41. The maximum atomic E-state index is 4.66. The predicted molar refractivity (Wildman–Crippen MR) is 192 cm³/mol. The molecule has 1 saturated carbocycles. The Bertz CT molecular complexity index is 1280. The lowest BCUT2D eigenvalue weighted by molar-refractivity contribution is 0.129. The molecular formula is C40H64N2O. The fourth-order valence-corrected chi connectivity index (χ4v) is 6.21. The fraction of sp³-hybridized carbons (Fsp3) is 0.550. The molecule has 4 rings (SSSR count). The summed E-state index contributed by atoms with van der Waals surface area (Å²) < 4.78 is 0. The van der Waals surface area contributed by atoms with Crippen LogP contribution < -0.4 is 10.4 Å². The number of hydrogen-bond donors (Lipinski definition) is 0. The number of piperazine rings is 1. The van der Waals surface area contributed by atoms with Gasteiger partial charge in [-0.05, 0) is 77.4 Å². The van der Waals surface area contributed by atoms with Crippen molar-refractivity contribution >= 4 is 12.3 Å².